The van der Waals surface area contributed by atoms with Crippen molar-refractivity contribution in [1.82, 2.24) is 19.6 Å². The van der Waals surface area contributed by atoms with Crippen LogP contribution in [0.3, 0.4) is 0 Å². The first-order valence-electron chi connectivity index (χ1n) is 8.54. The molecule has 2 amide bonds. The predicted octanol–water partition coefficient (Wildman–Crippen LogP) is 1.81. The number of nitrogens with zero attached hydrogens (tertiary/aromatic N) is 4. The number of halogens is 1. The van der Waals surface area contributed by atoms with Gasteiger partial charge in [-0.3, -0.25) is 9.69 Å². The number of nitrogens with two attached hydrogens (primary N) is 1. The van der Waals surface area contributed by atoms with Gasteiger partial charge in [-0.1, -0.05) is 18.2 Å². The number of amides is 2. The number of carboxylic acid groups (broad SMARTS) is 1. The Labute approximate surface area is 164 Å². The minimum absolute atomic E-state index is 0. The maximum Gasteiger partial charge on any atom is 0.407 e. The Morgan fingerprint density at radius 2 is 1.93 bits per heavy atom. The molecule has 1 saturated heterocycles. The lowest BCUT2D eigenvalue weighted by molar-refractivity contribution is -0.135. The SMILES string of the molecule is Cc1cc([C@@H]2CN(C(=O)C(C)N)CCN2C(=O)O)n(-c2ccccc2)n1.Cl. The lowest BCUT2D eigenvalue weighted by Gasteiger charge is -2.40. The third-order valence-corrected chi connectivity index (χ3v) is 4.53. The number of carbonyl (C=O) groups is 2. The van der Waals surface area contributed by atoms with Gasteiger partial charge in [-0.2, -0.15) is 5.10 Å². The van der Waals surface area contributed by atoms with E-state index in [2.05, 4.69) is 5.10 Å². The van der Waals surface area contributed by atoms with Gasteiger partial charge >= 0.3 is 6.09 Å². The van der Waals surface area contributed by atoms with Gasteiger partial charge in [0.25, 0.3) is 0 Å². The minimum Gasteiger partial charge on any atom is -0.465 e. The number of piperazine rings is 1. The van der Waals surface area contributed by atoms with Gasteiger partial charge in [0.1, 0.15) is 0 Å². The van der Waals surface area contributed by atoms with Gasteiger partial charge in [0.15, 0.2) is 0 Å². The lowest BCUT2D eigenvalue weighted by Crippen LogP contribution is -2.55. The summed E-state index contributed by atoms with van der Waals surface area (Å²) in [5.74, 6) is -0.178. The van der Waals surface area contributed by atoms with E-state index in [-0.39, 0.29) is 31.4 Å². The van der Waals surface area contributed by atoms with Gasteiger partial charge in [0.2, 0.25) is 5.91 Å². The van der Waals surface area contributed by atoms with Crippen LogP contribution in [0.1, 0.15) is 24.4 Å². The average Bonchev–Trinajstić information content (AvgIpc) is 3.02. The maximum atomic E-state index is 12.3. The van der Waals surface area contributed by atoms with E-state index >= 15 is 0 Å². The molecule has 2 atom stereocenters. The lowest BCUT2D eigenvalue weighted by atomic mass is 10.1. The molecule has 2 heterocycles. The fraction of sp³-hybridized carbons (Fsp3) is 0.389. The predicted molar refractivity (Wildman–Crippen MR) is 103 cm³/mol. The molecule has 1 fully saturated rings. The van der Waals surface area contributed by atoms with Crippen LogP contribution in [0.15, 0.2) is 36.4 Å². The van der Waals surface area contributed by atoms with Crippen LogP contribution in [0.2, 0.25) is 0 Å². The molecule has 1 aromatic carbocycles. The van der Waals surface area contributed by atoms with Crippen LogP contribution in [0, 0.1) is 6.92 Å². The smallest absolute Gasteiger partial charge is 0.407 e. The van der Waals surface area contributed by atoms with Crippen LogP contribution in [0.4, 0.5) is 4.79 Å². The van der Waals surface area contributed by atoms with Crippen molar-refractivity contribution in [3.05, 3.63) is 47.8 Å². The molecule has 2 aromatic rings. The molecule has 3 N–H and O–H groups in total. The monoisotopic (exact) mass is 393 g/mol. The van der Waals surface area contributed by atoms with Gasteiger partial charge in [-0.05, 0) is 32.0 Å². The fourth-order valence-corrected chi connectivity index (χ4v) is 3.29. The number of benzene rings is 1. The van der Waals surface area contributed by atoms with Gasteiger partial charge in [0, 0.05) is 19.6 Å². The topological polar surface area (TPSA) is 105 Å². The normalized spacial score (nSPS) is 18.0. The summed E-state index contributed by atoms with van der Waals surface area (Å²) in [6, 6.07) is 10.3. The van der Waals surface area contributed by atoms with E-state index in [9.17, 15) is 14.7 Å². The number of hydrogen-bond acceptors (Lipinski definition) is 4. The number of para-hydroxylation sites is 1. The molecule has 1 aromatic heterocycles. The number of hydrogen-bond donors (Lipinski definition) is 2. The van der Waals surface area contributed by atoms with Crippen molar-refractivity contribution in [2.45, 2.75) is 25.9 Å². The highest BCUT2D eigenvalue weighted by Gasteiger charge is 2.36. The fourth-order valence-electron chi connectivity index (χ4n) is 3.29. The van der Waals surface area contributed by atoms with Crippen LogP contribution in [-0.4, -0.2) is 62.4 Å². The van der Waals surface area contributed by atoms with E-state index in [0.717, 1.165) is 17.1 Å². The maximum absolute atomic E-state index is 12.3. The Kier molecular flexibility index (Phi) is 6.45. The molecule has 1 aliphatic rings. The molecule has 0 spiro atoms. The summed E-state index contributed by atoms with van der Waals surface area (Å²) in [7, 11) is 0. The molecule has 0 aliphatic carbocycles. The molecule has 1 aliphatic heterocycles. The van der Waals surface area contributed by atoms with Gasteiger partial charge < -0.3 is 15.7 Å². The van der Waals surface area contributed by atoms with Crippen molar-refractivity contribution < 1.29 is 14.7 Å². The van der Waals surface area contributed by atoms with Crippen molar-refractivity contribution in [3.8, 4) is 5.69 Å². The van der Waals surface area contributed by atoms with Crippen LogP contribution >= 0.6 is 12.4 Å². The highest BCUT2D eigenvalue weighted by Crippen LogP contribution is 2.28. The Hall–Kier alpha value is -2.58. The van der Waals surface area contributed by atoms with Crippen LogP contribution < -0.4 is 5.73 Å². The molecule has 1 unspecified atom stereocenters. The average molecular weight is 394 g/mol. The Morgan fingerprint density at radius 3 is 2.52 bits per heavy atom. The van der Waals surface area contributed by atoms with Gasteiger partial charge in [-0.25, -0.2) is 9.48 Å². The summed E-state index contributed by atoms with van der Waals surface area (Å²) in [5, 5.41) is 14.2. The summed E-state index contributed by atoms with van der Waals surface area (Å²) < 4.78 is 1.75. The number of carbonyl (C=O) groups excluding carboxylic acids is 1. The minimum atomic E-state index is -1.01. The van der Waals surface area contributed by atoms with Crippen LogP contribution in [0.25, 0.3) is 5.69 Å². The third kappa shape index (κ3) is 4.23. The van der Waals surface area contributed by atoms with Crippen molar-refractivity contribution in [1.29, 1.82) is 0 Å². The van der Waals surface area contributed by atoms with Crippen molar-refractivity contribution in [2.24, 2.45) is 5.73 Å². The molecular weight excluding hydrogens is 370 g/mol. The van der Waals surface area contributed by atoms with E-state index in [1.54, 1.807) is 16.5 Å². The second-order valence-corrected chi connectivity index (χ2v) is 6.52. The van der Waals surface area contributed by atoms with E-state index in [4.69, 9.17) is 5.73 Å². The molecule has 0 saturated carbocycles. The first kappa shape index (κ1) is 20.7. The first-order valence-corrected chi connectivity index (χ1v) is 8.54. The quantitative estimate of drug-likeness (QED) is 0.827. The zero-order valence-corrected chi connectivity index (χ0v) is 16.1. The Balaban J connectivity index is 0.00000261. The van der Waals surface area contributed by atoms with E-state index in [1.165, 1.54) is 4.90 Å². The van der Waals surface area contributed by atoms with E-state index in [1.807, 2.05) is 43.3 Å². The van der Waals surface area contributed by atoms with Crippen LogP contribution in [0.5, 0.6) is 0 Å². The first-order chi connectivity index (χ1) is 12.4. The summed E-state index contributed by atoms with van der Waals surface area (Å²) in [6.45, 7) is 4.32. The molecule has 0 radical (unpaired) electrons. The van der Waals surface area contributed by atoms with Crippen LogP contribution in [-0.2, 0) is 4.79 Å². The zero-order valence-electron chi connectivity index (χ0n) is 15.3. The summed E-state index contributed by atoms with van der Waals surface area (Å²) in [5.41, 5.74) is 8.09. The molecular formula is C18H24ClN5O3. The van der Waals surface area contributed by atoms with Crippen molar-refractivity contribution in [2.75, 3.05) is 19.6 Å². The second-order valence-electron chi connectivity index (χ2n) is 6.52. The number of rotatable bonds is 3. The Bertz CT molecular complexity index is 809. The standard InChI is InChI=1S/C18H23N5O3.ClH/c1-12-10-15(23(20-12)14-6-4-3-5-7-14)16-11-21(17(24)13(2)19)8-9-22(16)18(25)26;/h3-7,10,13,16H,8-9,11,19H2,1-2H3,(H,25,26);1H/t13?,16-;/m0./s1. The number of aryl methyl sites for hydroxylation is 1. The van der Waals surface area contributed by atoms with Crippen molar-refractivity contribution in [3.63, 3.8) is 0 Å². The zero-order chi connectivity index (χ0) is 18.8. The highest BCUT2D eigenvalue weighted by molar-refractivity contribution is 5.85. The second kappa shape index (κ2) is 8.41. The largest absolute Gasteiger partial charge is 0.465 e. The summed E-state index contributed by atoms with van der Waals surface area (Å²) >= 11 is 0. The van der Waals surface area contributed by atoms with E-state index in [0.29, 0.717) is 6.54 Å². The molecule has 3 rings (SSSR count). The number of aromatic nitrogens is 2. The Morgan fingerprint density at radius 1 is 1.26 bits per heavy atom. The molecule has 146 valence electrons. The molecule has 0 bridgehead atoms. The molecule has 9 heteroatoms. The van der Waals surface area contributed by atoms with Gasteiger partial charge in [0.05, 0.1) is 29.2 Å². The molecule has 8 nitrogen and oxygen atoms in total. The van der Waals surface area contributed by atoms with Crippen molar-refractivity contribution >= 4 is 24.4 Å². The highest BCUT2D eigenvalue weighted by atomic mass is 35.5. The van der Waals surface area contributed by atoms with Gasteiger partial charge in [-0.15, -0.1) is 12.4 Å². The summed E-state index contributed by atoms with van der Waals surface area (Å²) in [4.78, 5) is 27.1. The summed E-state index contributed by atoms with van der Waals surface area (Å²) in [6.07, 6.45) is -1.01. The third-order valence-electron chi connectivity index (χ3n) is 4.53. The molecule has 27 heavy (non-hydrogen) atoms. The van der Waals surface area contributed by atoms with E-state index < -0.39 is 18.2 Å².